The van der Waals surface area contributed by atoms with Gasteiger partial charge >= 0.3 is 0 Å². The van der Waals surface area contributed by atoms with Crippen molar-refractivity contribution in [2.75, 3.05) is 26.4 Å². The van der Waals surface area contributed by atoms with Crippen molar-refractivity contribution in [3.63, 3.8) is 0 Å². The first-order chi connectivity index (χ1) is 9.34. The maximum absolute atomic E-state index is 12.3. The lowest BCUT2D eigenvalue weighted by molar-refractivity contribution is -0.128. The highest BCUT2D eigenvalue weighted by atomic mass is 32.2. The predicted octanol–water partition coefficient (Wildman–Crippen LogP) is -0.0919. The molecule has 1 aromatic rings. The van der Waals surface area contributed by atoms with Gasteiger partial charge in [0, 0.05) is 26.4 Å². The highest BCUT2D eigenvalue weighted by Gasteiger charge is 2.36. The van der Waals surface area contributed by atoms with E-state index in [-0.39, 0.29) is 28.2 Å². The Bertz CT molecular complexity index is 648. The van der Waals surface area contributed by atoms with E-state index in [2.05, 4.69) is 5.32 Å². The van der Waals surface area contributed by atoms with Crippen molar-refractivity contribution in [2.24, 2.45) is 5.92 Å². The van der Waals surface area contributed by atoms with E-state index in [1.165, 1.54) is 17.0 Å². The molecule has 1 aliphatic heterocycles. The molecule has 0 aromatic heterocycles. The first-order valence-corrected chi connectivity index (χ1v) is 8.03. The Hall–Kier alpha value is -1.89. The van der Waals surface area contributed by atoms with Gasteiger partial charge in [-0.2, -0.15) is 0 Å². The molecule has 0 atom stereocenters. The second-order valence-electron chi connectivity index (χ2n) is 4.79. The van der Waals surface area contributed by atoms with Crippen LogP contribution in [0.2, 0.25) is 0 Å². The summed E-state index contributed by atoms with van der Waals surface area (Å²) in [7, 11) is -1.91. The molecule has 108 valence electrons. The molecular formula is C13H16N2O4S. The van der Waals surface area contributed by atoms with Crippen LogP contribution in [0.1, 0.15) is 10.4 Å². The predicted molar refractivity (Wildman–Crippen MR) is 73.0 cm³/mol. The van der Waals surface area contributed by atoms with Crippen LogP contribution in [0.3, 0.4) is 0 Å². The summed E-state index contributed by atoms with van der Waals surface area (Å²) in [5.74, 6) is -0.675. The first-order valence-electron chi connectivity index (χ1n) is 6.14. The zero-order valence-electron chi connectivity index (χ0n) is 11.3. The molecule has 0 bridgehead atoms. The molecule has 2 rings (SSSR count). The first kappa shape index (κ1) is 14.5. The summed E-state index contributed by atoms with van der Waals surface area (Å²) in [6.45, 7) is 0.632. The average molecular weight is 296 g/mol. The van der Waals surface area contributed by atoms with E-state index in [0.717, 1.165) is 6.26 Å². The molecule has 2 amide bonds. The number of amides is 2. The van der Waals surface area contributed by atoms with Crippen LogP contribution in [0.25, 0.3) is 0 Å². The van der Waals surface area contributed by atoms with Gasteiger partial charge in [-0.1, -0.05) is 12.1 Å². The van der Waals surface area contributed by atoms with Crippen molar-refractivity contribution in [3.05, 3.63) is 29.8 Å². The van der Waals surface area contributed by atoms with E-state index >= 15 is 0 Å². The molecule has 7 heteroatoms. The van der Waals surface area contributed by atoms with E-state index in [1.807, 2.05) is 0 Å². The Morgan fingerprint density at radius 2 is 1.85 bits per heavy atom. The number of nitrogens with zero attached hydrogens (tertiary/aromatic N) is 1. The van der Waals surface area contributed by atoms with Gasteiger partial charge in [0.05, 0.1) is 16.4 Å². The van der Waals surface area contributed by atoms with E-state index in [0.29, 0.717) is 13.1 Å². The van der Waals surface area contributed by atoms with Crippen molar-refractivity contribution in [3.8, 4) is 0 Å². The minimum absolute atomic E-state index is 0.0217. The largest absolute Gasteiger partial charge is 0.359 e. The van der Waals surface area contributed by atoms with Gasteiger partial charge in [-0.25, -0.2) is 8.42 Å². The van der Waals surface area contributed by atoms with Gasteiger partial charge in [0.1, 0.15) is 0 Å². The monoisotopic (exact) mass is 296 g/mol. The normalized spacial score (nSPS) is 15.6. The molecule has 6 nitrogen and oxygen atoms in total. The minimum atomic E-state index is -3.46. The van der Waals surface area contributed by atoms with Crippen LogP contribution >= 0.6 is 0 Å². The lowest BCUT2D eigenvalue weighted by Crippen LogP contribution is -2.55. The molecule has 1 aliphatic rings. The van der Waals surface area contributed by atoms with E-state index in [1.54, 1.807) is 19.2 Å². The van der Waals surface area contributed by atoms with Gasteiger partial charge in [0.25, 0.3) is 5.91 Å². The van der Waals surface area contributed by atoms with Gasteiger partial charge in [-0.3, -0.25) is 9.59 Å². The molecule has 1 fully saturated rings. The summed E-state index contributed by atoms with van der Waals surface area (Å²) >= 11 is 0. The summed E-state index contributed by atoms with van der Waals surface area (Å²) in [4.78, 5) is 25.2. The van der Waals surface area contributed by atoms with Gasteiger partial charge in [0.15, 0.2) is 9.84 Å². The second kappa shape index (κ2) is 5.24. The topological polar surface area (TPSA) is 83.6 Å². The number of hydrogen-bond donors (Lipinski definition) is 1. The lowest BCUT2D eigenvalue weighted by Gasteiger charge is -2.38. The fourth-order valence-electron chi connectivity index (χ4n) is 2.15. The molecule has 20 heavy (non-hydrogen) atoms. The average Bonchev–Trinajstić information content (AvgIpc) is 2.35. The number of likely N-dealkylation sites (tertiary alicyclic amines) is 1. The zero-order valence-corrected chi connectivity index (χ0v) is 12.1. The molecule has 1 heterocycles. The van der Waals surface area contributed by atoms with Crippen LogP contribution in [0, 0.1) is 5.92 Å². The molecule has 0 radical (unpaired) electrons. The number of benzene rings is 1. The van der Waals surface area contributed by atoms with Crippen molar-refractivity contribution >= 4 is 21.7 Å². The van der Waals surface area contributed by atoms with Crippen LogP contribution in [-0.4, -0.2) is 51.5 Å². The number of carbonyl (C=O) groups is 2. The Morgan fingerprint density at radius 1 is 1.25 bits per heavy atom. The molecular weight excluding hydrogens is 280 g/mol. The summed E-state index contributed by atoms with van der Waals surface area (Å²) in [6.07, 6.45) is 1.07. The molecule has 0 spiro atoms. The fraction of sp³-hybridized carbons (Fsp3) is 0.385. The van der Waals surface area contributed by atoms with Crippen LogP contribution in [-0.2, 0) is 14.6 Å². The molecule has 1 saturated heterocycles. The minimum Gasteiger partial charge on any atom is -0.359 e. The molecule has 0 unspecified atom stereocenters. The van der Waals surface area contributed by atoms with Crippen LogP contribution < -0.4 is 5.32 Å². The quantitative estimate of drug-likeness (QED) is 0.845. The smallest absolute Gasteiger partial charge is 0.255 e. The standard InChI is InChI=1S/C13H16N2O4S/c1-14-12(16)9-7-15(8-9)13(17)10-5-3-4-6-11(10)20(2,18)19/h3-6,9H,7-8H2,1-2H3,(H,14,16). The maximum Gasteiger partial charge on any atom is 0.255 e. The van der Waals surface area contributed by atoms with Gasteiger partial charge < -0.3 is 10.2 Å². The SMILES string of the molecule is CNC(=O)C1CN(C(=O)c2ccccc2S(C)(=O)=O)C1. The second-order valence-corrected chi connectivity index (χ2v) is 6.77. The van der Waals surface area contributed by atoms with Crippen LogP contribution in [0.15, 0.2) is 29.2 Å². The summed E-state index contributed by atoms with van der Waals surface area (Å²) in [6, 6.07) is 6.11. The number of nitrogens with one attached hydrogen (secondary N) is 1. The van der Waals surface area contributed by atoms with Crippen LogP contribution in [0.4, 0.5) is 0 Å². The maximum atomic E-state index is 12.3. The van der Waals surface area contributed by atoms with Crippen molar-refractivity contribution < 1.29 is 18.0 Å². The third-order valence-corrected chi connectivity index (χ3v) is 4.46. The lowest BCUT2D eigenvalue weighted by atomic mass is 9.98. The Labute approximate surface area is 117 Å². The molecule has 1 aromatic carbocycles. The summed E-state index contributed by atoms with van der Waals surface area (Å²) < 4.78 is 23.3. The third kappa shape index (κ3) is 2.67. The third-order valence-electron chi connectivity index (χ3n) is 3.30. The Balaban J connectivity index is 2.19. The Kier molecular flexibility index (Phi) is 3.80. The van der Waals surface area contributed by atoms with E-state index in [9.17, 15) is 18.0 Å². The van der Waals surface area contributed by atoms with Crippen molar-refractivity contribution in [2.45, 2.75) is 4.90 Å². The van der Waals surface area contributed by atoms with Crippen molar-refractivity contribution in [1.82, 2.24) is 10.2 Å². The molecule has 0 aliphatic carbocycles. The summed E-state index contributed by atoms with van der Waals surface area (Å²) in [5.41, 5.74) is 0.158. The Morgan fingerprint density at radius 3 is 2.40 bits per heavy atom. The summed E-state index contributed by atoms with van der Waals surface area (Å²) in [5, 5.41) is 2.53. The number of sulfone groups is 1. The zero-order chi connectivity index (χ0) is 14.9. The van der Waals surface area contributed by atoms with Crippen molar-refractivity contribution in [1.29, 1.82) is 0 Å². The van der Waals surface area contributed by atoms with Gasteiger partial charge in [-0.15, -0.1) is 0 Å². The van der Waals surface area contributed by atoms with Crippen LogP contribution in [0.5, 0.6) is 0 Å². The van der Waals surface area contributed by atoms with E-state index < -0.39 is 9.84 Å². The van der Waals surface area contributed by atoms with Gasteiger partial charge in [-0.05, 0) is 12.1 Å². The van der Waals surface area contributed by atoms with Gasteiger partial charge in [0.2, 0.25) is 5.91 Å². The molecule has 0 saturated carbocycles. The number of hydrogen-bond acceptors (Lipinski definition) is 4. The fourth-order valence-corrected chi connectivity index (χ4v) is 3.03. The highest BCUT2D eigenvalue weighted by Crippen LogP contribution is 2.22. The molecule has 1 N–H and O–H groups in total. The number of rotatable bonds is 3. The number of carbonyl (C=O) groups excluding carboxylic acids is 2. The highest BCUT2D eigenvalue weighted by molar-refractivity contribution is 7.90. The van der Waals surface area contributed by atoms with E-state index in [4.69, 9.17) is 0 Å².